The van der Waals surface area contributed by atoms with E-state index in [4.69, 9.17) is 0 Å². The molecule has 0 radical (unpaired) electrons. The van der Waals surface area contributed by atoms with Gasteiger partial charge in [-0.1, -0.05) is 44.2 Å². The second kappa shape index (κ2) is 9.26. The molecule has 0 spiro atoms. The zero-order valence-electron chi connectivity index (χ0n) is 16.0. The van der Waals surface area contributed by atoms with Gasteiger partial charge in [0.05, 0.1) is 10.6 Å². The van der Waals surface area contributed by atoms with Gasteiger partial charge < -0.3 is 5.32 Å². The maximum absolute atomic E-state index is 12.6. The number of aryl methyl sites for hydroxylation is 1. The molecule has 0 atom stereocenters. The summed E-state index contributed by atoms with van der Waals surface area (Å²) < 4.78 is 0. The number of benzene rings is 1. The van der Waals surface area contributed by atoms with Crippen molar-refractivity contribution in [3.63, 3.8) is 0 Å². The molecule has 0 aliphatic rings. The number of carbonyl (C=O) groups is 1. The summed E-state index contributed by atoms with van der Waals surface area (Å²) in [5.41, 5.74) is 3.19. The van der Waals surface area contributed by atoms with Gasteiger partial charge >= 0.3 is 0 Å². The summed E-state index contributed by atoms with van der Waals surface area (Å²) in [5, 5.41) is 5.96. The van der Waals surface area contributed by atoms with Gasteiger partial charge in [0.25, 0.3) is 5.91 Å². The Labute approximate surface area is 168 Å². The molecule has 0 saturated heterocycles. The summed E-state index contributed by atoms with van der Waals surface area (Å²) in [6.07, 6.45) is 0. The molecule has 1 amide bonds. The number of nitrogens with one attached hydrogen (secondary N) is 1. The van der Waals surface area contributed by atoms with E-state index in [1.54, 1.807) is 11.3 Å². The Morgan fingerprint density at radius 2 is 1.81 bits per heavy atom. The molecule has 2 aromatic heterocycles. The predicted molar refractivity (Wildman–Crippen MR) is 114 cm³/mol. The van der Waals surface area contributed by atoms with E-state index in [1.165, 1.54) is 16.9 Å². The molecule has 1 aromatic carbocycles. The van der Waals surface area contributed by atoms with Crippen LogP contribution >= 0.6 is 22.7 Å². The second-order valence-electron chi connectivity index (χ2n) is 6.37. The lowest BCUT2D eigenvalue weighted by Crippen LogP contribution is -2.23. The van der Waals surface area contributed by atoms with Crippen LogP contribution in [0.2, 0.25) is 0 Å². The van der Waals surface area contributed by atoms with Crippen molar-refractivity contribution in [3.8, 4) is 9.88 Å². The van der Waals surface area contributed by atoms with Crippen molar-refractivity contribution in [2.24, 2.45) is 0 Å². The fraction of sp³-hybridized carbons (Fsp3) is 0.333. The van der Waals surface area contributed by atoms with Crippen LogP contribution in [0.3, 0.4) is 0 Å². The summed E-state index contributed by atoms with van der Waals surface area (Å²) in [5.74, 6) is -0.0555. The summed E-state index contributed by atoms with van der Waals surface area (Å²) >= 11 is 3.10. The number of hydrogen-bond donors (Lipinski definition) is 1. The Bertz CT molecular complexity index is 865. The van der Waals surface area contributed by atoms with Crippen LogP contribution in [0.1, 0.15) is 40.3 Å². The van der Waals surface area contributed by atoms with Gasteiger partial charge in [-0.05, 0) is 42.6 Å². The third-order valence-electron chi connectivity index (χ3n) is 4.51. The smallest absolute Gasteiger partial charge is 0.263 e. The van der Waals surface area contributed by atoms with Crippen molar-refractivity contribution in [2.75, 3.05) is 13.1 Å². The van der Waals surface area contributed by atoms with Gasteiger partial charge in [0.2, 0.25) is 0 Å². The van der Waals surface area contributed by atoms with Gasteiger partial charge in [-0.15, -0.1) is 22.7 Å². The molecule has 0 bridgehead atoms. The average molecular weight is 400 g/mol. The minimum atomic E-state index is -0.0555. The first-order chi connectivity index (χ1) is 13.1. The molecule has 6 heteroatoms. The first-order valence-corrected chi connectivity index (χ1v) is 10.9. The fourth-order valence-corrected chi connectivity index (χ4v) is 4.62. The number of nitrogens with zero attached hydrogens (tertiary/aromatic N) is 2. The minimum Gasteiger partial charge on any atom is -0.347 e. The monoisotopic (exact) mass is 399 g/mol. The van der Waals surface area contributed by atoms with Crippen molar-refractivity contribution in [1.29, 1.82) is 0 Å². The van der Waals surface area contributed by atoms with E-state index in [0.29, 0.717) is 11.4 Å². The van der Waals surface area contributed by atoms with Crippen molar-refractivity contribution in [2.45, 2.75) is 33.9 Å². The topological polar surface area (TPSA) is 45.2 Å². The number of thiophene rings is 1. The molecule has 2 heterocycles. The Morgan fingerprint density at radius 3 is 2.44 bits per heavy atom. The Hall–Kier alpha value is -2.02. The maximum atomic E-state index is 12.6. The molecule has 0 aliphatic heterocycles. The molecule has 4 nitrogen and oxygen atoms in total. The van der Waals surface area contributed by atoms with Crippen LogP contribution in [0.25, 0.3) is 9.88 Å². The summed E-state index contributed by atoms with van der Waals surface area (Å²) in [4.78, 5) is 21.3. The largest absolute Gasteiger partial charge is 0.347 e. The third kappa shape index (κ3) is 5.03. The fourth-order valence-electron chi connectivity index (χ4n) is 2.84. The van der Waals surface area contributed by atoms with Crippen LogP contribution in [0.15, 0.2) is 41.8 Å². The lowest BCUT2D eigenvalue weighted by molar-refractivity contribution is 0.0954. The standard InChI is InChI=1S/C21H25N3OS2/c1-4-24(5-2)14-17-10-8-16(9-11-17)13-22-20(25)19-15(3)23-21(27-19)18-7-6-12-26-18/h6-12H,4-5,13-14H2,1-3H3,(H,22,25). The van der Waals surface area contributed by atoms with Crippen molar-refractivity contribution >= 4 is 28.6 Å². The van der Waals surface area contributed by atoms with E-state index in [2.05, 4.69) is 53.3 Å². The Morgan fingerprint density at radius 1 is 1.11 bits per heavy atom. The van der Waals surface area contributed by atoms with Gasteiger partial charge in [-0.3, -0.25) is 9.69 Å². The number of hydrogen-bond acceptors (Lipinski definition) is 5. The lowest BCUT2D eigenvalue weighted by atomic mass is 10.1. The molecule has 3 rings (SSSR count). The zero-order valence-corrected chi connectivity index (χ0v) is 17.6. The molecule has 0 fully saturated rings. The van der Waals surface area contributed by atoms with E-state index in [1.807, 2.05) is 24.4 Å². The third-order valence-corrected chi connectivity index (χ3v) is 6.71. The van der Waals surface area contributed by atoms with Crippen molar-refractivity contribution in [3.05, 3.63) is 63.5 Å². The lowest BCUT2D eigenvalue weighted by Gasteiger charge is -2.18. The highest BCUT2D eigenvalue weighted by Crippen LogP contribution is 2.31. The van der Waals surface area contributed by atoms with Gasteiger partial charge in [-0.2, -0.15) is 0 Å². The SMILES string of the molecule is CCN(CC)Cc1ccc(CNC(=O)c2sc(-c3cccs3)nc2C)cc1. The molecular weight excluding hydrogens is 374 g/mol. The van der Waals surface area contributed by atoms with E-state index < -0.39 is 0 Å². The van der Waals surface area contributed by atoms with Gasteiger partial charge in [0, 0.05) is 13.1 Å². The molecule has 27 heavy (non-hydrogen) atoms. The van der Waals surface area contributed by atoms with Crippen LogP contribution in [0.4, 0.5) is 0 Å². The summed E-state index contributed by atoms with van der Waals surface area (Å²) in [6, 6.07) is 12.5. The number of rotatable bonds is 8. The first-order valence-electron chi connectivity index (χ1n) is 9.20. The van der Waals surface area contributed by atoms with Crippen LogP contribution in [-0.2, 0) is 13.1 Å². The molecule has 0 saturated carbocycles. The average Bonchev–Trinajstić information content (AvgIpc) is 3.34. The molecule has 3 aromatic rings. The summed E-state index contributed by atoms with van der Waals surface area (Å²) in [7, 11) is 0. The zero-order chi connectivity index (χ0) is 19.2. The quantitative estimate of drug-likeness (QED) is 0.583. The highest BCUT2D eigenvalue weighted by molar-refractivity contribution is 7.22. The highest BCUT2D eigenvalue weighted by Gasteiger charge is 2.16. The first kappa shape index (κ1) is 19.7. The minimum absolute atomic E-state index is 0.0555. The molecule has 142 valence electrons. The Kier molecular flexibility index (Phi) is 6.77. The highest BCUT2D eigenvalue weighted by atomic mass is 32.1. The molecule has 0 aliphatic carbocycles. The predicted octanol–water partition coefficient (Wildman–Crippen LogP) is 4.95. The number of carbonyl (C=O) groups excluding carboxylic acids is 1. The number of amides is 1. The van der Waals surface area contributed by atoms with E-state index >= 15 is 0 Å². The van der Waals surface area contributed by atoms with Crippen LogP contribution in [0.5, 0.6) is 0 Å². The molecule has 0 unspecified atom stereocenters. The van der Waals surface area contributed by atoms with Crippen molar-refractivity contribution < 1.29 is 4.79 Å². The van der Waals surface area contributed by atoms with Crippen LogP contribution in [-0.4, -0.2) is 28.9 Å². The van der Waals surface area contributed by atoms with E-state index in [-0.39, 0.29) is 5.91 Å². The van der Waals surface area contributed by atoms with Crippen LogP contribution < -0.4 is 5.32 Å². The van der Waals surface area contributed by atoms with Crippen LogP contribution in [0, 0.1) is 6.92 Å². The Balaban J connectivity index is 1.59. The number of thiazole rings is 1. The van der Waals surface area contributed by atoms with Gasteiger partial charge in [0.1, 0.15) is 9.88 Å². The molecule has 1 N–H and O–H groups in total. The second-order valence-corrected chi connectivity index (χ2v) is 8.32. The van der Waals surface area contributed by atoms with Gasteiger partial charge in [-0.25, -0.2) is 4.98 Å². The normalized spacial score (nSPS) is 11.1. The van der Waals surface area contributed by atoms with E-state index in [0.717, 1.165) is 40.8 Å². The van der Waals surface area contributed by atoms with E-state index in [9.17, 15) is 4.79 Å². The van der Waals surface area contributed by atoms with Gasteiger partial charge in [0.15, 0.2) is 0 Å². The molecular formula is C21H25N3OS2. The van der Waals surface area contributed by atoms with Crippen molar-refractivity contribution in [1.82, 2.24) is 15.2 Å². The summed E-state index contributed by atoms with van der Waals surface area (Å²) in [6.45, 7) is 9.84. The number of aromatic nitrogens is 1. The maximum Gasteiger partial charge on any atom is 0.263 e.